The van der Waals surface area contributed by atoms with Gasteiger partial charge < -0.3 is 15.8 Å². The summed E-state index contributed by atoms with van der Waals surface area (Å²) in [6.45, 7) is 0. The molecule has 0 aliphatic carbocycles. The van der Waals surface area contributed by atoms with Gasteiger partial charge in [0.1, 0.15) is 0 Å². The van der Waals surface area contributed by atoms with Crippen molar-refractivity contribution in [3.8, 4) is 0 Å². The molecule has 5 N–H and O–H groups in total. The van der Waals surface area contributed by atoms with E-state index in [1.165, 1.54) is 0 Å². The molecule has 7 heteroatoms. The van der Waals surface area contributed by atoms with Crippen molar-refractivity contribution in [2.75, 3.05) is 4.90 Å². The number of anilines is 2. The number of halogens is 1. The van der Waals surface area contributed by atoms with Crippen LogP contribution in [0.4, 0.5) is 15.7 Å². The molecule has 0 saturated heterocycles. The zero-order valence-corrected chi connectivity index (χ0v) is 10.6. The maximum atomic E-state index is 10.1. The SMILES string of the molecule is N=C(N)N(c1ccccc1)c1ccccc1.OB(O)F. The lowest BCUT2D eigenvalue weighted by atomic mass is 10.2. The molecule has 2 aromatic carbocycles. The van der Waals surface area contributed by atoms with Crippen LogP contribution in [0.15, 0.2) is 60.7 Å². The molecule has 0 saturated carbocycles. The second kappa shape index (κ2) is 7.93. The Balaban J connectivity index is 0.000000444. The van der Waals surface area contributed by atoms with Gasteiger partial charge in [-0.25, -0.2) is 0 Å². The smallest absolute Gasteiger partial charge is 0.398 e. The first-order valence-corrected chi connectivity index (χ1v) is 5.77. The number of hydrogen-bond acceptors (Lipinski definition) is 3. The molecule has 2 aromatic rings. The highest BCUT2D eigenvalue weighted by atomic mass is 19.1. The molecule has 0 amide bonds. The normalized spacial score (nSPS) is 9.15. The van der Waals surface area contributed by atoms with Gasteiger partial charge in [0, 0.05) is 11.4 Å². The molecule has 104 valence electrons. The number of nitrogens with two attached hydrogens (primary N) is 1. The van der Waals surface area contributed by atoms with Crippen molar-refractivity contribution in [2.24, 2.45) is 5.73 Å². The first-order valence-electron chi connectivity index (χ1n) is 5.77. The van der Waals surface area contributed by atoms with E-state index in [1.807, 2.05) is 60.7 Å². The highest BCUT2D eigenvalue weighted by Gasteiger charge is 2.10. The molecule has 5 nitrogen and oxygen atoms in total. The van der Waals surface area contributed by atoms with Crippen molar-refractivity contribution in [1.29, 1.82) is 5.41 Å². The maximum Gasteiger partial charge on any atom is 0.674 e. The number of rotatable bonds is 2. The molecule has 0 aliphatic heterocycles. The van der Waals surface area contributed by atoms with E-state index in [4.69, 9.17) is 21.2 Å². The van der Waals surface area contributed by atoms with Gasteiger partial charge in [0.15, 0.2) is 5.96 Å². The van der Waals surface area contributed by atoms with E-state index < -0.39 is 7.40 Å². The molecule has 0 bridgehead atoms. The Bertz CT molecular complexity index is 483. The molecule has 2 rings (SSSR count). The monoisotopic (exact) mass is 275 g/mol. The van der Waals surface area contributed by atoms with Gasteiger partial charge in [0.2, 0.25) is 0 Å². The summed E-state index contributed by atoms with van der Waals surface area (Å²) in [6.07, 6.45) is 0. The van der Waals surface area contributed by atoms with Gasteiger partial charge >= 0.3 is 7.40 Å². The third-order valence-corrected chi connectivity index (χ3v) is 2.27. The third-order valence-electron chi connectivity index (χ3n) is 2.27. The van der Waals surface area contributed by atoms with Gasteiger partial charge in [0.05, 0.1) is 0 Å². The minimum Gasteiger partial charge on any atom is -0.398 e. The van der Waals surface area contributed by atoms with Crippen molar-refractivity contribution in [3.05, 3.63) is 60.7 Å². The zero-order chi connectivity index (χ0) is 15.0. The van der Waals surface area contributed by atoms with Gasteiger partial charge in [-0.1, -0.05) is 36.4 Å². The molecule has 0 radical (unpaired) electrons. The molecule has 0 spiro atoms. The fourth-order valence-corrected chi connectivity index (χ4v) is 1.58. The van der Waals surface area contributed by atoms with E-state index in [1.54, 1.807) is 4.90 Å². The van der Waals surface area contributed by atoms with Crippen LogP contribution in [0.25, 0.3) is 0 Å². The zero-order valence-electron chi connectivity index (χ0n) is 10.6. The van der Waals surface area contributed by atoms with Crippen molar-refractivity contribution in [1.82, 2.24) is 0 Å². The van der Waals surface area contributed by atoms with Crippen LogP contribution in [0.2, 0.25) is 0 Å². The number of guanidine groups is 1. The summed E-state index contributed by atoms with van der Waals surface area (Å²) in [5.74, 6) is 0.0115. The third kappa shape index (κ3) is 5.09. The quantitative estimate of drug-likeness (QED) is 0.381. The van der Waals surface area contributed by atoms with Crippen LogP contribution in [0.3, 0.4) is 0 Å². The maximum absolute atomic E-state index is 10.1. The Morgan fingerprint density at radius 3 is 1.50 bits per heavy atom. The summed E-state index contributed by atoms with van der Waals surface area (Å²) in [4.78, 5) is 1.69. The summed E-state index contributed by atoms with van der Waals surface area (Å²) >= 11 is 0. The van der Waals surface area contributed by atoms with E-state index >= 15 is 0 Å². The van der Waals surface area contributed by atoms with E-state index in [9.17, 15) is 4.32 Å². The lowest BCUT2D eigenvalue weighted by Gasteiger charge is -2.22. The highest BCUT2D eigenvalue weighted by molar-refractivity contribution is 6.31. The van der Waals surface area contributed by atoms with E-state index in [2.05, 4.69) is 0 Å². The average molecular weight is 275 g/mol. The molecule has 0 heterocycles. The fourth-order valence-electron chi connectivity index (χ4n) is 1.58. The molecule has 0 aliphatic rings. The minimum absolute atomic E-state index is 0.0115. The molecule has 20 heavy (non-hydrogen) atoms. The van der Waals surface area contributed by atoms with E-state index in [-0.39, 0.29) is 5.96 Å². The van der Waals surface area contributed by atoms with Crippen LogP contribution < -0.4 is 10.6 Å². The summed E-state index contributed by atoms with van der Waals surface area (Å²) in [5.41, 5.74) is 7.39. The van der Waals surface area contributed by atoms with Crippen LogP contribution >= 0.6 is 0 Å². The summed E-state index contributed by atoms with van der Waals surface area (Å²) in [6, 6.07) is 19.3. The van der Waals surface area contributed by atoms with Crippen molar-refractivity contribution < 1.29 is 14.4 Å². The average Bonchev–Trinajstić information content (AvgIpc) is 2.40. The van der Waals surface area contributed by atoms with Gasteiger partial charge in [-0.15, -0.1) is 0 Å². The molecular weight excluding hydrogens is 260 g/mol. The molecular formula is C13H15BFN3O2. The van der Waals surface area contributed by atoms with Crippen LogP contribution in [0.1, 0.15) is 0 Å². The number of hydrogen-bond donors (Lipinski definition) is 4. The van der Waals surface area contributed by atoms with Crippen LogP contribution in [0.5, 0.6) is 0 Å². The second-order valence-corrected chi connectivity index (χ2v) is 3.70. The fraction of sp³-hybridized carbons (Fsp3) is 0. The van der Waals surface area contributed by atoms with Crippen molar-refractivity contribution in [3.63, 3.8) is 0 Å². The van der Waals surface area contributed by atoms with Crippen molar-refractivity contribution in [2.45, 2.75) is 0 Å². The Kier molecular flexibility index (Phi) is 6.22. The Hall–Kier alpha value is -2.38. The van der Waals surface area contributed by atoms with E-state index in [0.29, 0.717) is 0 Å². The van der Waals surface area contributed by atoms with Crippen LogP contribution in [0, 0.1) is 5.41 Å². The topological polar surface area (TPSA) is 93.6 Å². The first kappa shape index (κ1) is 15.7. The van der Waals surface area contributed by atoms with E-state index in [0.717, 1.165) is 11.4 Å². The van der Waals surface area contributed by atoms with Gasteiger partial charge in [-0.3, -0.25) is 14.6 Å². The molecule has 0 atom stereocenters. The highest BCUT2D eigenvalue weighted by Crippen LogP contribution is 2.23. The molecule has 0 fully saturated rings. The summed E-state index contributed by atoms with van der Waals surface area (Å²) in [5, 5.41) is 21.5. The Labute approximate surface area is 116 Å². The predicted octanol–water partition coefficient (Wildman–Crippen LogP) is 1.64. The van der Waals surface area contributed by atoms with Gasteiger partial charge in [-0.05, 0) is 24.3 Å². The van der Waals surface area contributed by atoms with Gasteiger partial charge in [-0.2, -0.15) is 0 Å². The number of para-hydroxylation sites is 2. The van der Waals surface area contributed by atoms with Crippen LogP contribution in [-0.2, 0) is 0 Å². The number of nitrogens with one attached hydrogen (secondary N) is 1. The molecule has 0 aromatic heterocycles. The summed E-state index contributed by atoms with van der Waals surface area (Å²) < 4.78 is 10.1. The number of nitrogens with zero attached hydrogens (tertiary/aromatic N) is 1. The van der Waals surface area contributed by atoms with Crippen molar-refractivity contribution >= 4 is 24.7 Å². The van der Waals surface area contributed by atoms with Gasteiger partial charge in [0.25, 0.3) is 0 Å². The summed E-state index contributed by atoms with van der Waals surface area (Å²) in [7, 11) is -2.67. The number of benzene rings is 2. The second-order valence-electron chi connectivity index (χ2n) is 3.70. The minimum atomic E-state index is -2.67. The predicted molar refractivity (Wildman–Crippen MR) is 78.2 cm³/mol. The lowest BCUT2D eigenvalue weighted by Crippen LogP contribution is -2.32. The molecule has 0 unspecified atom stereocenters. The Morgan fingerprint density at radius 2 is 1.25 bits per heavy atom. The largest absolute Gasteiger partial charge is 0.674 e. The standard InChI is InChI=1S/C13H13N3.BFH2O2/c14-13(15)16(11-7-3-1-4-8-11)12-9-5-2-6-10-12;2-1(3)4/h1-10H,(H3,14,15);3-4H. The lowest BCUT2D eigenvalue weighted by molar-refractivity contribution is 0.340. The Morgan fingerprint density at radius 1 is 0.950 bits per heavy atom. The first-order chi connectivity index (χ1) is 9.52. The van der Waals surface area contributed by atoms with Crippen LogP contribution in [-0.4, -0.2) is 23.4 Å².